The van der Waals surface area contributed by atoms with Crippen LogP contribution in [-0.4, -0.2) is 31.3 Å². The van der Waals surface area contributed by atoms with Crippen molar-refractivity contribution < 1.29 is 19.1 Å². The summed E-state index contributed by atoms with van der Waals surface area (Å²) < 4.78 is 4.68. The smallest absolute Gasteiger partial charge is 0.337 e. The molecule has 0 bridgehead atoms. The van der Waals surface area contributed by atoms with Crippen LogP contribution in [-0.2, 0) is 9.53 Å². The number of Topliss-reactive ketones (excluding diaryl/α,β-unsaturated/α-hetero) is 1. The third kappa shape index (κ3) is 4.91. The van der Waals surface area contributed by atoms with Gasteiger partial charge in [0, 0.05) is 16.9 Å². The topological polar surface area (TPSA) is 84.5 Å². The average Bonchev–Trinajstić information content (AvgIpc) is 2.61. The van der Waals surface area contributed by atoms with E-state index in [4.69, 9.17) is 0 Å². The van der Waals surface area contributed by atoms with Crippen LogP contribution in [0.1, 0.15) is 33.2 Å². The molecular formula is C19H20N2O4. The summed E-state index contributed by atoms with van der Waals surface area (Å²) in [4.78, 5) is 35.1. The molecule has 0 radical (unpaired) electrons. The van der Waals surface area contributed by atoms with E-state index in [1.54, 1.807) is 42.5 Å². The van der Waals surface area contributed by atoms with Gasteiger partial charge in [-0.15, -0.1) is 0 Å². The van der Waals surface area contributed by atoms with E-state index < -0.39 is 5.97 Å². The molecule has 0 saturated heterocycles. The molecule has 0 saturated carbocycles. The van der Waals surface area contributed by atoms with Crippen LogP contribution in [0.25, 0.3) is 0 Å². The van der Waals surface area contributed by atoms with Crippen molar-refractivity contribution in [3.8, 4) is 0 Å². The number of esters is 1. The first kappa shape index (κ1) is 18.2. The van der Waals surface area contributed by atoms with Gasteiger partial charge < -0.3 is 15.4 Å². The maximum absolute atomic E-state index is 12.2. The highest BCUT2D eigenvalue weighted by molar-refractivity contribution is 5.97. The van der Waals surface area contributed by atoms with Crippen molar-refractivity contribution >= 4 is 29.0 Å². The Hall–Kier alpha value is -3.15. The number of aryl methyl sites for hydroxylation is 1. The number of carbonyl (C=O) groups is 3. The number of nitrogens with one attached hydrogen (secondary N) is 2. The molecular weight excluding hydrogens is 320 g/mol. The summed E-state index contributed by atoms with van der Waals surface area (Å²) in [5.41, 5.74) is 3.01. The Labute approximate surface area is 146 Å². The van der Waals surface area contributed by atoms with Gasteiger partial charge in [0.1, 0.15) is 0 Å². The van der Waals surface area contributed by atoms with Gasteiger partial charge in [-0.05, 0) is 43.7 Å². The summed E-state index contributed by atoms with van der Waals surface area (Å²) in [7, 11) is 1.31. The first-order valence-corrected chi connectivity index (χ1v) is 7.74. The van der Waals surface area contributed by atoms with Crippen LogP contribution in [0, 0.1) is 6.92 Å². The van der Waals surface area contributed by atoms with E-state index in [0.29, 0.717) is 22.5 Å². The molecule has 6 nitrogen and oxygen atoms in total. The second-order valence-electron chi connectivity index (χ2n) is 5.56. The van der Waals surface area contributed by atoms with E-state index >= 15 is 0 Å². The molecule has 25 heavy (non-hydrogen) atoms. The van der Waals surface area contributed by atoms with Crippen LogP contribution < -0.4 is 10.6 Å². The standard InChI is InChI=1S/C19H20N2O4/c1-12-7-8-15(19(24)25-3)10-17(12)21-18(23)11-20-16-6-4-5-14(9-16)13(2)22/h4-10,20H,11H2,1-3H3,(H,21,23). The fraction of sp³-hybridized carbons (Fsp3) is 0.211. The predicted octanol–water partition coefficient (Wildman–Crippen LogP) is 3.03. The Morgan fingerprint density at radius 2 is 1.80 bits per heavy atom. The molecule has 0 atom stereocenters. The van der Waals surface area contributed by atoms with Gasteiger partial charge in [-0.2, -0.15) is 0 Å². The van der Waals surface area contributed by atoms with Crippen molar-refractivity contribution in [2.45, 2.75) is 13.8 Å². The first-order chi connectivity index (χ1) is 11.9. The van der Waals surface area contributed by atoms with Gasteiger partial charge >= 0.3 is 5.97 Å². The van der Waals surface area contributed by atoms with Gasteiger partial charge in [0.15, 0.2) is 5.78 Å². The molecule has 1 amide bonds. The number of carbonyl (C=O) groups excluding carboxylic acids is 3. The van der Waals surface area contributed by atoms with Crippen LogP contribution in [0.15, 0.2) is 42.5 Å². The van der Waals surface area contributed by atoms with Crippen molar-refractivity contribution in [2.24, 2.45) is 0 Å². The Morgan fingerprint density at radius 3 is 2.48 bits per heavy atom. The van der Waals surface area contributed by atoms with Crippen LogP contribution in [0.2, 0.25) is 0 Å². The van der Waals surface area contributed by atoms with Crippen LogP contribution in [0.3, 0.4) is 0 Å². The number of methoxy groups -OCH3 is 1. The zero-order valence-corrected chi connectivity index (χ0v) is 14.4. The molecule has 0 spiro atoms. The van der Waals surface area contributed by atoms with Crippen molar-refractivity contribution in [3.05, 3.63) is 59.2 Å². The molecule has 0 heterocycles. The van der Waals surface area contributed by atoms with Crippen LogP contribution >= 0.6 is 0 Å². The Balaban J connectivity index is 2.02. The number of ether oxygens (including phenoxy) is 1. The average molecular weight is 340 g/mol. The number of ketones is 1. The van der Waals surface area contributed by atoms with Crippen molar-refractivity contribution in [1.82, 2.24) is 0 Å². The summed E-state index contributed by atoms with van der Waals surface area (Å²) >= 11 is 0. The highest BCUT2D eigenvalue weighted by atomic mass is 16.5. The predicted molar refractivity (Wildman–Crippen MR) is 96.1 cm³/mol. The van der Waals surface area contributed by atoms with Gasteiger partial charge in [-0.25, -0.2) is 4.79 Å². The molecule has 0 aliphatic carbocycles. The second-order valence-corrected chi connectivity index (χ2v) is 5.56. The number of hydrogen-bond acceptors (Lipinski definition) is 5. The summed E-state index contributed by atoms with van der Waals surface area (Å²) in [6.07, 6.45) is 0. The molecule has 2 rings (SSSR count). The van der Waals surface area contributed by atoms with Gasteiger partial charge in [-0.3, -0.25) is 9.59 Å². The first-order valence-electron chi connectivity index (χ1n) is 7.74. The number of amides is 1. The molecule has 2 aromatic rings. The quantitative estimate of drug-likeness (QED) is 0.624. The van der Waals surface area contributed by atoms with Crippen molar-refractivity contribution in [3.63, 3.8) is 0 Å². The third-order valence-electron chi connectivity index (χ3n) is 3.65. The lowest BCUT2D eigenvalue weighted by Crippen LogP contribution is -2.22. The SMILES string of the molecule is COC(=O)c1ccc(C)c(NC(=O)CNc2cccc(C(C)=O)c2)c1. The lowest BCUT2D eigenvalue weighted by molar-refractivity contribution is -0.114. The minimum Gasteiger partial charge on any atom is -0.465 e. The number of rotatable bonds is 6. The fourth-order valence-corrected chi connectivity index (χ4v) is 2.23. The minimum atomic E-state index is -0.463. The maximum Gasteiger partial charge on any atom is 0.337 e. The lowest BCUT2D eigenvalue weighted by Gasteiger charge is -2.11. The fourth-order valence-electron chi connectivity index (χ4n) is 2.23. The van der Waals surface area contributed by atoms with E-state index in [1.807, 2.05) is 6.92 Å². The van der Waals surface area contributed by atoms with Gasteiger partial charge in [0.05, 0.1) is 19.2 Å². The molecule has 0 aliphatic heterocycles. The molecule has 2 aromatic carbocycles. The molecule has 2 N–H and O–H groups in total. The Morgan fingerprint density at radius 1 is 1.04 bits per heavy atom. The monoisotopic (exact) mass is 340 g/mol. The van der Waals surface area contributed by atoms with Crippen molar-refractivity contribution in [1.29, 1.82) is 0 Å². The Bertz CT molecular complexity index is 815. The van der Waals surface area contributed by atoms with E-state index in [9.17, 15) is 14.4 Å². The molecule has 0 fully saturated rings. The zero-order chi connectivity index (χ0) is 18.4. The summed E-state index contributed by atoms with van der Waals surface area (Å²) in [5.74, 6) is -0.767. The van der Waals surface area contributed by atoms with E-state index in [1.165, 1.54) is 14.0 Å². The van der Waals surface area contributed by atoms with Gasteiger partial charge in [-0.1, -0.05) is 18.2 Å². The molecule has 0 aliphatic rings. The van der Waals surface area contributed by atoms with Crippen LogP contribution in [0.5, 0.6) is 0 Å². The summed E-state index contributed by atoms with van der Waals surface area (Å²) in [6.45, 7) is 3.35. The third-order valence-corrected chi connectivity index (χ3v) is 3.65. The highest BCUT2D eigenvalue weighted by Crippen LogP contribution is 2.18. The van der Waals surface area contributed by atoms with E-state index in [0.717, 1.165) is 5.56 Å². The summed E-state index contributed by atoms with van der Waals surface area (Å²) in [5, 5.41) is 5.73. The van der Waals surface area contributed by atoms with Crippen molar-refractivity contribution in [2.75, 3.05) is 24.3 Å². The number of benzene rings is 2. The second kappa shape index (κ2) is 8.10. The lowest BCUT2D eigenvalue weighted by atomic mass is 10.1. The van der Waals surface area contributed by atoms with Gasteiger partial charge in [0.2, 0.25) is 5.91 Å². The number of anilines is 2. The Kier molecular flexibility index (Phi) is 5.89. The molecule has 130 valence electrons. The van der Waals surface area contributed by atoms with Gasteiger partial charge in [0.25, 0.3) is 0 Å². The van der Waals surface area contributed by atoms with E-state index in [2.05, 4.69) is 15.4 Å². The van der Waals surface area contributed by atoms with Crippen LogP contribution in [0.4, 0.5) is 11.4 Å². The normalized spacial score (nSPS) is 10.0. The maximum atomic E-state index is 12.2. The molecule has 0 aromatic heterocycles. The summed E-state index contributed by atoms with van der Waals surface area (Å²) in [6, 6.07) is 11.9. The minimum absolute atomic E-state index is 0.0310. The molecule has 0 unspecified atom stereocenters. The highest BCUT2D eigenvalue weighted by Gasteiger charge is 2.10. The van der Waals surface area contributed by atoms with E-state index in [-0.39, 0.29) is 18.2 Å². The number of hydrogen-bond donors (Lipinski definition) is 2. The largest absolute Gasteiger partial charge is 0.465 e. The zero-order valence-electron chi connectivity index (χ0n) is 14.4. The molecule has 6 heteroatoms.